The van der Waals surface area contributed by atoms with Crippen LogP contribution in [0.2, 0.25) is 0 Å². The highest BCUT2D eigenvalue weighted by Crippen LogP contribution is 2.40. The third-order valence-electron chi connectivity index (χ3n) is 5.14. The maximum Gasteiger partial charge on any atom is 0.0398 e. The third kappa shape index (κ3) is 2.27. The van der Waals surface area contributed by atoms with E-state index in [1.54, 1.807) is 0 Å². The molecular formula is C17H26N2. The van der Waals surface area contributed by atoms with Crippen molar-refractivity contribution in [3.63, 3.8) is 0 Å². The molecule has 0 amide bonds. The molecule has 1 N–H and O–H groups in total. The number of fused-ring (bicyclic) bond motifs is 1. The summed E-state index contributed by atoms with van der Waals surface area (Å²) < 4.78 is 0. The van der Waals surface area contributed by atoms with E-state index < -0.39 is 0 Å². The van der Waals surface area contributed by atoms with Crippen LogP contribution in [0.1, 0.15) is 31.4 Å². The predicted octanol–water partition coefficient (Wildman–Crippen LogP) is 3.13. The zero-order valence-electron chi connectivity index (χ0n) is 12.7. The van der Waals surface area contributed by atoms with Gasteiger partial charge in [-0.1, -0.05) is 26.0 Å². The van der Waals surface area contributed by atoms with E-state index in [9.17, 15) is 0 Å². The number of benzene rings is 1. The Hall–Kier alpha value is -1.02. The van der Waals surface area contributed by atoms with Crippen LogP contribution in [0, 0.1) is 25.2 Å². The molecule has 2 nitrogen and oxygen atoms in total. The number of piperidine rings is 1. The van der Waals surface area contributed by atoms with Crippen LogP contribution in [0.3, 0.4) is 0 Å². The van der Waals surface area contributed by atoms with E-state index in [2.05, 4.69) is 56.1 Å². The van der Waals surface area contributed by atoms with Gasteiger partial charge in [-0.15, -0.1) is 0 Å². The van der Waals surface area contributed by atoms with E-state index in [4.69, 9.17) is 0 Å². The Morgan fingerprint density at radius 3 is 2.84 bits per heavy atom. The maximum atomic E-state index is 3.72. The molecule has 2 saturated heterocycles. The minimum absolute atomic E-state index is 0.432. The minimum atomic E-state index is 0.432. The first kappa shape index (κ1) is 13.0. The van der Waals surface area contributed by atoms with Gasteiger partial charge in [0.05, 0.1) is 0 Å². The summed E-state index contributed by atoms with van der Waals surface area (Å²) in [5.41, 5.74) is 4.65. The van der Waals surface area contributed by atoms with Crippen molar-refractivity contribution in [1.29, 1.82) is 0 Å². The van der Waals surface area contributed by atoms with Gasteiger partial charge >= 0.3 is 0 Å². The van der Waals surface area contributed by atoms with E-state index in [0.717, 1.165) is 12.0 Å². The van der Waals surface area contributed by atoms with Crippen molar-refractivity contribution >= 4 is 5.69 Å². The van der Waals surface area contributed by atoms with Crippen molar-refractivity contribution in [3.8, 4) is 0 Å². The monoisotopic (exact) mass is 258 g/mol. The van der Waals surface area contributed by atoms with Crippen LogP contribution < -0.4 is 10.2 Å². The normalized spacial score (nSPS) is 29.4. The third-order valence-corrected chi connectivity index (χ3v) is 5.14. The quantitative estimate of drug-likeness (QED) is 0.832. The van der Waals surface area contributed by atoms with Gasteiger partial charge in [-0.3, -0.25) is 0 Å². The van der Waals surface area contributed by atoms with Gasteiger partial charge in [0.1, 0.15) is 0 Å². The molecule has 1 aromatic carbocycles. The fourth-order valence-corrected chi connectivity index (χ4v) is 3.79. The van der Waals surface area contributed by atoms with Crippen LogP contribution in [0.4, 0.5) is 5.69 Å². The molecule has 0 aromatic heterocycles. The number of hydrogen-bond acceptors (Lipinski definition) is 2. The Morgan fingerprint density at radius 2 is 2.05 bits per heavy atom. The SMILES string of the molecule is Cc1ccc(C)c(N2CCC3NCC(C)(C)C3C2)c1. The largest absolute Gasteiger partial charge is 0.371 e. The Bertz CT molecular complexity index is 478. The first-order valence-electron chi connectivity index (χ1n) is 7.53. The predicted molar refractivity (Wildman–Crippen MR) is 81.8 cm³/mol. The molecule has 104 valence electrons. The van der Waals surface area contributed by atoms with Crippen molar-refractivity contribution in [2.45, 2.75) is 40.2 Å². The highest BCUT2D eigenvalue weighted by molar-refractivity contribution is 5.55. The van der Waals surface area contributed by atoms with Gasteiger partial charge in [0.2, 0.25) is 0 Å². The standard InChI is InChI=1S/C17H26N2/c1-12-5-6-13(2)16(9-12)19-8-7-15-14(10-19)17(3,4)11-18-15/h5-6,9,14-15,18H,7-8,10-11H2,1-4H3. The summed E-state index contributed by atoms with van der Waals surface area (Å²) in [5.74, 6) is 0.779. The molecule has 0 radical (unpaired) electrons. The summed E-state index contributed by atoms with van der Waals surface area (Å²) in [5, 5.41) is 3.72. The first-order chi connectivity index (χ1) is 8.97. The summed E-state index contributed by atoms with van der Waals surface area (Å²) in [6.07, 6.45) is 1.28. The number of anilines is 1. The molecule has 19 heavy (non-hydrogen) atoms. The summed E-state index contributed by atoms with van der Waals surface area (Å²) in [4.78, 5) is 2.61. The highest BCUT2D eigenvalue weighted by atomic mass is 15.2. The lowest BCUT2D eigenvalue weighted by atomic mass is 9.76. The van der Waals surface area contributed by atoms with E-state index in [0.29, 0.717) is 5.41 Å². The molecular weight excluding hydrogens is 232 g/mol. The molecule has 2 fully saturated rings. The lowest BCUT2D eigenvalue weighted by Crippen LogP contribution is -2.47. The van der Waals surface area contributed by atoms with Gasteiger partial charge < -0.3 is 10.2 Å². The molecule has 0 spiro atoms. The van der Waals surface area contributed by atoms with Crippen LogP contribution >= 0.6 is 0 Å². The number of aryl methyl sites for hydroxylation is 2. The molecule has 3 rings (SSSR count). The Balaban J connectivity index is 1.85. The fraction of sp³-hybridized carbons (Fsp3) is 0.647. The lowest BCUT2D eigenvalue weighted by molar-refractivity contribution is 0.237. The second-order valence-electron chi connectivity index (χ2n) is 7.11. The summed E-state index contributed by atoms with van der Waals surface area (Å²) in [6.45, 7) is 12.8. The van der Waals surface area contributed by atoms with E-state index >= 15 is 0 Å². The average Bonchev–Trinajstić information content (AvgIpc) is 2.68. The molecule has 2 heteroatoms. The second-order valence-corrected chi connectivity index (χ2v) is 7.11. The van der Waals surface area contributed by atoms with Crippen LogP contribution in [0.5, 0.6) is 0 Å². The fourth-order valence-electron chi connectivity index (χ4n) is 3.79. The number of nitrogens with zero attached hydrogens (tertiary/aromatic N) is 1. The van der Waals surface area contributed by atoms with Crippen molar-refractivity contribution in [3.05, 3.63) is 29.3 Å². The van der Waals surface area contributed by atoms with E-state index in [1.807, 2.05) is 0 Å². The van der Waals surface area contributed by atoms with Gasteiger partial charge in [0.15, 0.2) is 0 Å². The van der Waals surface area contributed by atoms with Crippen LogP contribution in [0.25, 0.3) is 0 Å². The zero-order valence-corrected chi connectivity index (χ0v) is 12.7. The highest BCUT2D eigenvalue weighted by Gasteiger charge is 2.44. The Labute approximate surface area is 117 Å². The van der Waals surface area contributed by atoms with Crippen molar-refractivity contribution in [2.24, 2.45) is 11.3 Å². The van der Waals surface area contributed by atoms with Gasteiger partial charge in [-0.2, -0.15) is 0 Å². The van der Waals surface area contributed by atoms with Gasteiger partial charge in [0, 0.05) is 31.4 Å². The molecule has 2 aliphatic heterocycles. The topological polar surface area (TPSA) is 15.3 Å². The molecule has 1 aromatic rings. The molecule has 0 saturated carbocycles. The van der Waals surface area contributed by atoms with Crippen LogP contribution in [0.15, 0.2) is 18.2 Å². The van der Waals surface area contributed by atoms with Crippen molar-refractivity contribution in [2.75, 3.05) is 24.5 Å². The first-order valence-corrected chi connectivity index (χ1v) is 7.53. The Morgan fingerprint density at radius 1 is 1.26 bits per heavy atom. The smallest absolute Gasteiger partial charge is 0.0398 e. The average molecular weight is 258 g/mol. The molecule has 0 bridgehead atoms. The minimum Gasteiger partial charge on any atom is -0.371 e. The van der Waals surface area contributed by atoms with Gasteiger partial charge in [-0.25, -0.2) is 0 Å². The summed E-state index contributed by atoms with van der Waals surface area (Å²) >= 11 is 0. The number of rotatable bonds is 1. The summed E-state index contributed by atoms with van der Waals surface area (Å²) in [6, 6.07) is 7.56. The number of hydrogen-bond donors (Lipinski definition) is 1. The lowest BCUT2D eigenvalue weighted by Gasteiger charge is -2.41. The van der Waals surface area contributed by atoms with Crippen LogP contribution in [-0.2, 0) is 0 Å². The molecule has 2 aliphatic rings. The zero-order chi connectivity index (χ0) is 13.6. The van der Waals surface area contributed by atoms with Gasteiger partial charge in [0.25, 0.3) is 0 Å². The summed E-state index contributed by atoms with van der Waals surface area (Å²) in [7, 11) is 0. The van der Waals surface area contributed by atoms with Crippen LogP contribution in [-0.4, -0.2) is 25.7 Å². The Kier molecular flexibility index (Phi) is 3.09. The second kappa shape index (κ2) is 4.52. The van der Waals surface area contributed by atoms with Gasteiger partial charge in [-0.05, 0) is 48.8 Å². The van der Waals surface area contributed by atoms with Crippen molar-refractivity contribution < 1.29 is 0 Å². The molecule has 2 atom stereocenters. The molecule has 2 unspecified atom stereocenters. The maximum absolute atomic E-state index is 3.72. The van der Waals surface area contributed by atoms with Crippen molar-refractivity contribution in [1.82, 2.24) is 5.32 Å². The van der Waals surface area contributed by atoms with E-state index in [1.165, 1.54) is 42.9 Å². The number of nitrogens with one attached hydrogen (secondary N) is 1. The molecule has 0 aliphatic carbocycles. The van der Waals surface area contributed by atoms with E-state index in [-0.39, 0.29) is 0 Å². The molecule has 2 heterocycles.